The van der Waals surface area contributed by atoms with Gasteiger partial charge in [-0.3, -0.25) is 4.68 Å². The fraction of sp³-hybridized carbons (Fsp3) is 0.786. The summed E-state index contributed by atoms with van der Waals surface area (Å²) in [7, 11) is 2.01. The molecule has 2 aliphatic heterocycles. The molecule has 100 valence electrons. The van der Waals surface area contributed by atoms with Gasteiger partial charge in [-0.15, -0.1) is 0 Å². The first kappa shape index (κ1) is 12.2. The summed E-state index contributed by atoms with van der Waals surface area (Å²) in [5.41, 5.74) is 3.75. The average molecular weight is 249 g/mol. The van der Waals surface area contributed by atoms with Crippen LogP contribution in [0.3, 0.4) is 0 Å². The Labute approximate surface area is 109 Å². The van der Waals surface area contributed by atoms with Gasteiger partial charge in [0.2, 0.25) is 0 Å². The Morgan fingerprint density at radius 1 is 1.39 bits per heavy atom. The maximum Gasteiger partial charge on any atom is 0.0733 e. The van der Waals surface area contributed by atoms with Gasteiger partial charge >= 0.3 is 0 Å². The molecule has 0 aliphatic carbocycles. The zero-order valence-electron chi connectivity index (χ0n) is 11.7. The highest BCUT2D eigenvalue weighted by Gasteiger charge is 2.41. The fourth-order valence-electron chi connectivity index (χ4n) is 3.63. The molecule has 4 atom stereocenters. The highest BCUT2D eigenvalue weighted by atomic mass is 16.5. The monoisotopic (exact) mass is 249 g/mol. The van der Waals surface area contributed by atoms with E-state index in [9.17, 15) is 0 Å². The average Bonchev–Trinajstić information content (AvgIpc) is 2.95. The van der Waals surface area contributed by atoms with Crippen molar-refractivity contribution in [3.63, 3.8) is 0 Å². The summed E-state index contributed by atoms with van der Waals surface area (Å²) in [4.78, 5) is 0. The van der Waals surface area contributed by atoms with Crippen LogP contribution in [-0.2, 0) is 11.8 Å². The number of nitrogens with one attached hydrogen (secondary N) is 1. The van der Waals surface area contributed by atoms with Crippen LogP contribution in [0.4, 0.5) is 0 Å². The van der Waals surface area contributed by atoms with Crippen LogP contribution in [0.5, 0.6) is 0 Å². The van der Waals surface area contributed by atoms with Gasteiger partial charge in [0.05, 0.1) is 17.9 Å². The molecular formula is C14H23N3O. The minimum Gasteiger partial charge on any atom is -0.373 e. The van der Waals surface area contributed by atoms with Crippen LogP contribution in [0.1, 0.15) is 49.2 Å². The molecule has 4 nitrogen and oxygen atoms in total. The smallest absolute Gasteiger partial charge is 0.0733 e. The predicted octanol–water partition coefficient (Wildman–Crippen LogP) is 2.01. The number of aromatic nitrogens is 2. The quantitative estimate of drug-likeness (QED) is 0.890. The summed E-state index contributed by atoms with van der Waals surface area (Å²) in [6.45, 7) is 6.48. The van der Waals surface area contributed by atoms with Crippen LogP contribution in [0.2, 0.25) is 0 Å². The molecular weight excluding hydrogens is 226 g/mol. The molecule has 2 bridgehead atoms. The molecule has 2 saturated heterocycles. The third-order valence-corrected chi connectivity index (χ3v) is 4.57. The third-order valence-electron chi connectivity index (χ3n) is 4.57. The second-order valence-electron chi connectivity index (χ2n) is 5.81. The van der Waals surface area contributed by atoms with Crippen molar-refractivity contribution in [3.8, 4) is 0 Å². The molecule has 3 rings (SSSR count). The molecule has 1 aromatic rings. The molecule has 2 fully saturated rings. The number of aryl methyl sites for hydroxylation is 2. The van der Waals surface area contributed by atoms with Crippen LogP contribution in [0.15, 0.2) is 0 Å². The first-order valence-electron chi connectivity index (χ1n) is 6.98. The van der Waals surface area contributed by atoms with E-state index in [2.05, 4.69) is 31.2 Å². The van der Waals surface area contributed by atoms with Gasteiger partial charge < -0.3 is 10.1 Å². The highest BCUT2D eigenvalue weighted by Crippen LogP contribution is 2.35. The minimum absolute atomic E-state index is 0.353. The van der Waals surface area contributed by atoms with E-state index in [-0.39, 0.29) is 0 Å². The van der Waals surface area contributed by atoms with Gasteiger partial charge in [-0.1, -0.05) is 0 Å². The van der Waals surface area contributed by atoms with Crippen molar-refractivity contribution in [2.24, 2.45) is 7.05 Å². The molecule has 1 aromatic heterocycles. The Balaban J connectivity index is 1.73. The van der Waals surface area contributed by atoms with E-state index in [1.807, 2.05) is 11.7 Å². The molecule has 0 amide bonds. The molecule has 18 heavy (non-hydrogen) atoms. The van der Waals surface area contributed by atoms with E-state index in [0.717, 1.165) is 5.69 Å². The van der Waals surface area contributed by atoms with Gasteiger partial charge in [-0.25, -0.2) is 0 Å². The topological polar surface area (TPSA) is 39.1 Å². The van der Waals surface area contributed by atoms with Crippen LogP contribution >= 0.6 is 0 Å². The first-order valence-corrected chi connectivity index (χ1v) is 6.98. The summed E-state index contributed by atoms with van der Waals surface area (Å²) in [6.07, 6.45) is 4.60. The van der Waals surface area contributed by atoms with E-state index in [4.69, 9.17) is 4.74 Å². The molecule has 0 radical (unpaired) electrons. The summed E-state index contributed by atoms with van der Waals surface area (Å²) in [5.74, 6) is 0. The zero-order chi connectivity index (χ0) is 12.9. The van der Waals surface area contributed by atoms with E-state index >= 15 is 0 Å². The van der Waals surface area contributed by atoms with E-state index in [1.165, 1.54) is 30.5 Å². The van der Waals surface area contributed by atoms with Gasteiger partial charge in [0.1, 0.15) is 0 Å². The Kier molecular flexibility index (Phi) is 2.94. The minimum atomic E-state index is 0.353. The van der Waals surface area contributed by atoms with E-state index in [0.29, 0.717) is 24.3 Å². The molecule has 4 heteroatoms. The van der Waals surface area contributed by atoms with Crippen LogP contribution in [-0.4, -0.2) is 28.0 Å². The molecule has 2 aliphatic rings. The molecule has 3 heterocycles. The van der Waals surface area contributed by atoms with Crippen molar-refractivity contribution in [1.29, 1.82) is 0 Å². The predicted molar refractivity (Wildman–Crippen MR) is 70.5 cm³/mol. The lowest BCUT2D eigenvalue weighted by Gasteiger charge is -2.25. The van der Waals surface area contributed by atoms with Crippen LogP contribution in [0, 0.1) is 13.8 Å². The van der Waals surface area contributed by atoms with Crippen LogP contribution < -0.4 is 5.32 Å². The van der Waals surface area contributed by atoms with E-state index in [1.54, 1.807) is 0 Å². The number of ether oxygens (including phenoxy) is 1. The molecule has 0 aromatic carbocycles. The van der Waals surface area contributed by atoms with Crippen molar-refractivity contribution in [3.05, 3.63) is 17.0 Å². The summed E-state index contributed by atoms with van der Waals surface area (Å²) >= 11 is 0. The number of rotatable bonds is 3. The van der Waals surface area contributed by atoms with Gasteiger partial charge in [0.25, 0.3) is 0 Å². The largest absolute Gasteiger partial charge is 0.373 e. The van der Waals surface area contributed by atoms with Crippen molar-refractivity contribution in [2.75, 3.05) is 0 Å². The highest BCUT2D eigenvalue weighted by molar-refractivity contribution is 5.27. The maximum absolute atomic E-state index is 5.90. The number of fused-ring (bicyclic) bond motifs is 2. The summed E-state index contributed by atoms with van der Waals surface area (Å²) in [5, 5.41) is 8.24. The Morgan fingerprint density at radius 3 is 2.67 bits per heavy atom. The molecule has 0 spiro atoms. The molecule has 0 saturated carbocycles. The van der Waals surface area contributed by atoms with Gasteiger partial charge in [0, 0.05) is 30.4 Å². The second kappa shape index (κ2) is 4.35. The lowest BCUT2D eigenvalue weighted by molar-refractivity contribution is 0.0962. The standard InChI is InChI=1S/C14H23N3O/c1-8(14-9(2)16-17(4)10(14)3)15-12-7-11-5-6-13(12)18-11/h8,11-13,15H,5-7H2,1-4H3. The lowest BCUT2D eigenvalue weighted by Crippen LogP contribution is -2.39. The number of hydrogen-bond acceptors (Lipinski definition) is 3. The first-order chi connectivity index (χ1) is 8.56. The van der Waals surface area contributed by atoms with E-state index < -0.39 is 0 Å². The van der Waals surface area contributed by atoms with Crippen molar-refractivity contribution >= 4 is 0 Å². The SMILES string of the molecule is Cc1nn(C)c(C)c1C(C)NC1CC2CCC1O2. The van der Waals surface area contributed by atoms with Crippen molar-refractivity contribution in [1.82, 2.24) is 15.1 Å². The van der Waals surface area contributed by atoms with Crippen molar-refractivity contribution in [2.45, 2.75) is 64.3 Å². The van der Waals surface area contributed by atoms with Crippen molar-refractivity contribution < 1.29 is 4.74 Å². The Bertz CT molecular complexity index is 454. The lowest BCUT2D eigenvalue weighted by atomic mass is 9.94. The summed E-state index contributed by atoms with van der Waals surface area (Å²) < 4.78 is 7.88. The van der Waals surface area contributed by atoms with Gasteiger partial charge in [0.15, 0.2) is 0 Å². The zero-order valence-corrected chi connectivity index (χ0v) is 11.7. The number of nitrogens with zero attached hydrogens (tertiary/aromatic N) is 2. The summed E-state index contributed by atoms with van der Waals surface area (Å²) in [6, 6.07) is 0.879. The Morgan fingerprint density at radius 2 is 2.17 bits per heavy atom. The van der Waals surface area contributed by atoms with Crippen LogP contribution in [0.25, 0.3) is 0 Å². The molecule has 1 N–H and O–H groups in total. The van der Waals surface area contributed by atoms with Gasteiger partial charge in [-0.05, 0) is 40.0 Å². The third kappa shape index (κ3) is 1.88. The maximum atomic E-state index is 5.90. The molecule has 4 unspecified atom stereocenters. The Hall–Kier alpha value is -0.870. The normalized spacial score (nSPS) is 32.1. The second-order valence-corrected chi connectivity index (χ2v) is 5.81. The van der Waals surface area contributed by atoms with Gasteiger partial charge in [-0.2, -0.15) is 5.10 Å². The fourth-order valence-corrected chi connectivity index (χ4v) is 3.63. The number of hydrogen-bond donors (Lipinski definition) is 1.